The fourth-order valence-electron chi connectivity index (χ4n) is 2.78. The molecular weight excluding hydrogens is 234 g/mol. The van der Waals surface area contributed by atoms with Crippen molar-refractivity contribution in [3.8, 4) is 0 Å². The molecule has 0 aromatic carbocycles. The van der Waals surface area contributed by atoms with Crippen LogP contribution in [0.5, 0.6) is 0 Å². The van der Waals surface area contributed by atoms with Crippen molar-refractivity contribution in [2.75, 3.05) is 0 Å². The number of alkyl halides is 3. The first-order chi connectivity index (χ1) is 7.99. The molecule has 2 aliphatic rings. The molecule has 0 aromatic rings. The minimum Gasteiger partial charge on any atom is -0.327 e. The molecule has 0 aromatic heterocycles. The zero-order valence-electron chi connectivity index (χ0n) is 9.51. The number of halogens is 4. The van der Waals surface area contributed by atoms with Gasteiger partial charge in [0.25, 0.3) is 0 Å². The molecule has 3 unspecified atom stereocenters. The summed E-state index contributed by atoms with van der Waals surface area (Å²) >= 11 is 0. The maximum atomic E-state index is 13.7. The van der Waals surface area contributed by atoms with Gasteiger partial charge in [0.2, 0.25) is 0 Å². The third-order valence-electron chi connectivity index (χ3n) is 3.78. The van der Waals surface area contributed by atoms with Crippen LogP contribution in [-0.4, -0.2) is 24.6 Å². The van der Waals surface area contributed by atoms with E-state index in [2.05, 4.69) is 0 Å². The summed E-state index contributed by atoms with van der Waals surface area (Å²) in [7, 11) is 0. The minimum absolute atomic E-state index is 0.112. The molecule has 2 rings (SSSR count). The third kappa shape index (κ3) is 2.64. The Balaban J connectivity index is 2.10. The van der Waals surface area contributed by atoms with Crippen LogP contribution in [0.15, 0.2) is 11.4 Å². The van der Waals surface area contributed by atoms with Crippen molar-refractivity contribution >= 4 is 0 Å². The molecule has 98 valence electrons. The number of rotatable bonds is 1. The molecule has 0 heterocycles. The molecule has 1 saturated carbocycles. The van der Waals surface area contributed by atoms with Gasteiger partial charge in [-0.1, -0.05) is 0 Å². The average Bonchev–Trinajstić information content (AvgIpc) is 2.25. The van der Waals surface area contributed by atoms with E-state index in [0.717, 1.165) is 0 Å². The fourth-order valence-corrected chi connectivity index (χ4v) is 2.78. The molecule has 17 heavy (non-hydrogen) atoms. The van der Waals surface area contributed by atoms with Crippen molar-refractivity contribution in [1.29, 1.82) is 0 Å². The highest BCUT2D eigenvalue weighted by molar-refractivity contribution is 5.18. The monoisotopic (exact) mass is 251 g/mol. The molecule has 2 N–H and O–H groups in total. The minimum atomic E-state index is -2.05. The third-order valence-corrected chi connectivity index (χ3v) is 3.78. The zero-order valence-corrected chi connectivity index (χ0v) is 9.51. The van der Waals surface area contributed by atoms with Crippen LogP contribution in [0.2, 0.25) is 0 Å². The van der Waals surface area contributed by atoms with Crippen LogP contribution < -0.4 is 5.73 Å². The number of nitrogens with two attached hydrogens (primary N) is 1. The second-order valence-electron chi connectivity index (χ2n) is 5.08. The van der Waals surface area contributed by atoms with E-state index < -0.39 is 24.4 Å². The summed E-state index contributed by atoms with van der Waals surface area (Å²) in [4.78, 5) is 0. The quantitative estimate of drug-likeness (QED) is 0.712. The van der Waals surface area contributed by atoms with Crippen LogP contribution in [0.3, 0.4) is 0 Å². The van der Waals surface area contributed by atoms with Crippen molar-refractivity contribution in [1.82, 2.24) is 0 Å². The molecule has 0 aliphatic heterocycles. The Hall–Kier alpha value is -0.580. The lowest BCUT2D eigenvalue weighted by Gasteiger charge is -2.34. The predicted molar refractivity (Wildman–Crippen MR) is 57.4 cm³/mol. The largest absolute Gasteiger partial charge is 0.327 e. The van der Waals surface area contributed by atoms with E-state index in [9.17, 15) is 17.6 Å². The lowest BCUT2D eigenvalue weighted by molar-refractivity contribution is 0.0241. The van der Waals surface area contributed by atoms with E-state index in [4.69, 9.17) is 5.73 Å². The van der Waals surface area contributed by atoms with E-state index in [1.807, 2.05) is 0 Å². The molecule has 0 saturated heterocycles. The Labute approximate surface area is 98.1 Å². The van der Waals surface area contributed by atoms with Crippen molar-refractivity contribution in [2.45, 2.75) is 56.7 Å². The average molecular weight is 251 g/mol. The maximum absolute atomic E-state index is 13.7. The lowest BCUT2D eigenvalue weighted by atomic mass is 9.76. The van der Waals surface area contributed by atoms with Gasteiger partial charge < -0.3 is 5.73 Å². The van der Waals surface area contributed by atoms with Crippen LogP contribution in [0.25, 0.3) is 0 Å². The SMILES string of the molecule is NC1CCC(C2CC(F)C(F)C(F)C2)=C(F)C1. The van der Waals surface area contributed by atoms with Crippen LogP contribution in [0, 0.1) is 5.92 Å². The summed E-state index contributed by atoms with van der Waals surface area (Å²) in [6.45, 7) is 0. The number of hydrogen-bond acceptors (Lipinski definition) is 1. The van der Waals surface area contributed by atoms with Crippen LogP contribution in [0.4, 0.5) is 17.6 Å². The summed E-state index contributed by atoms with van der Waals surface area (Å²) in [5.41, 5.74) is 6.07. The van der Waals surface area contributed by atoms with Gasteiger partial charge in [-0.2, -0.15) is 0 Å². The van der Waals surface area contributed by atoms with Crippen LogP contribution >= 0.6 is 0 Å². The summed E-state index contributed by atoms with van der Waals surface area (Å²) in [5.74, 6) is -0.843. The number of hydrogen-bond donors (Lipinski definition) is 1. The van der Waals surface area contributed by atoms with Crippen molar-refractivity contribution in [3.63, 3.8) is 0 Å². The fraction of sp³-hybridized carbons (Fsp3) is 0.833. The van der Waals surface area contributed by atoms with Gasteiger partial charge in [0, 0.05) is 12.5 Å². The Kier molecular flexibility index (Phi) is 3.76. The summed E-state index contributed by atoms with van der Waals surface area (Å²) in [6, 6.07) is -0.210. The molecule has 0 bridgehead atoms. The Morgan fingerprint density at radius 2 is 1.65 bits per heavy atom. The first-order valence-corrected chi connectivity index (χ1v) is 6.04. The van der Waals surface area contributed by atoms with Gasteiger partial charge in [-0.05, 0) is 37.2 Å². The van der Waals surface area contributed by atoms with E-state index >= 15 is 0 Å². The smallest absolute Gasteiger partial charge is 0.162 e. The lowest BCUT2D eigenvalue weighted by Crippen LogP contribution is -2.38. The zero-order chi connectivity index (χ0) is 12.6. The highest BCUT2D eigenvalue weighted by Crippen LogP contribution is 2.40. The Bertz CT molecular complexity index is 306. The summed E-state index contributed by atoms with van der Waals surface area (Å²) in [5, 5.41) is 0. The number of allylic oxidation sites excluding steroid dienone is 1. The van der Waals surface area contributed by atoms with Gasteiger partial charge in [-0.3, -0.25) is 0 Å². The molecule has 0 amide bonds. The molecule has 1 fully saturated rings. The molecule has 1 nitrogen and oxygen atoms in total. The second kappa shape index (κ2) is 4.96. The molecule has 0 radical (unpaired) electrons. The first kappa shape index (κ1) is 12.9. The van der Waals surface area contributed by atoms with E-state index in [0.29, 0.717) is 18.4 Å². The van der Waals surface area contributed by atoms with Gasteiger partial charge in [-0.25, -0.2) is 17.6 Å². The van der Waals surface area contributed by atoms with Gasteiger partial charge in [0.05, 0.1) is 0 Å². The van der Waals surface area contributed by atoms with Crippen LogP contribution in [-0.2, 0) is 0 Å². The highest BCUT2D eigenvalue weighted by Gasteiger charge is 2.41. The maximum Gasteiger partial charge on any atom is 0.162 e. The topological polar surface area (TPSA) is 26.0 Å². The van der Waals surface area contributed by atoms with Gasteiger partial charge in [0.15, 0.2) is 6.17 Å². The molecular formula is C12H17F4N. The van der Waals surface area contributed by atoms with Gasteiger partial charge in [0.1, 0.15) is 18.2 Å². The van der Waals surface area contributed by atoms with E-state index in [-0.39, 0.29) is 31.1 Å². The molecule has 2 aliphatic carbocycles. The normalized spacial score (nSPS) is 43.9. The Morgan fingerprint density at radius 1 is 1.06 bits per heavy atom. The van der Waals surface area contributed by atoms with Gasteiger partial charge in [-0.15, -0.1) is 0 Å². The van der Waals surface area contributed by atoms with Crippen molar-refractivity contribution in [3.05, 3.63) is 11.4 Å². The Morgan fingerprint density at radius 3 is 2.18 bits per heavy atom. The molecule has 3 atom stereocenters. The van der Waals surface area contributed by atoms with Crippen molar-refractivity contribution in [2.24, 2.45) is 11.7 Å². The highest BCUT2D eigenvalue weighted by atomic mass is 19.2. The molecule has 0 spiro atoms. The van der Waals surface area contributed by atoms with Crippen LogP contribution in [0.1, 0.15) is 32.1 Å². The predicted octanol–water partition coefficient (Wildman–Crippen LogP) is 3.15. The first-order valence-electron chi connectivity index (χ1n) is 6.04. The van der Waals surface area contributed by atoms with E-state index in [1.54, 1.807) is 0 Å². The van der Waals surface area contributed by atoms with Gasteiger partial charge >= 0.3 is 0 Å². The second-order valence-corrected chi connectivity index (χ2v) is 5.08. The molecule has 5 heteroatoms. The standard InChI is InChI=1S/C12H17F4N/c13-9-5-7(17)1-2-8(9)6-3-10(14)12(16)11(15)4-6/h6-7,10-12H,1-5,17H2. The van der Waals surface area contributed by atoms with E-state index in [1.165, 1.54) is 0 Å². The summed E-state index contributed by atoms with van der Waals surface area (Å²) in [6.07, 6.45) is -4.71. The van der Waals surface area contributed by atoms with Crippen molar-refractivity contribution < 1.29 is 17.6 Å². The summed E-state index contributed by atoms with van der Waals surface area (Å²) < 4.78 is 53.2.